The zero-order valence-electron chi connectivity index (χ0n) is 16.9. The van der Waals surface area contributed by atoms with E-state index in [1.165, 1.54) is 12.3 Å². The number of carbonyl (C=O) groups excluding carboxylic acids is 2. The number of hydrogen-bond donors (Lipinski definition) is 1. The number of nitrogens with one attached hydrogen (secondary N) is 1. The van der Waals surface area contributed by atoms with E-state index in [1.54, 1.807) is 21.7 Å². The molecule has 1 N–H and O–H groups in total. The molecule has 154 valence electrons. The summed E-state index contributed by atoms with van der Waals surface area (Å²) in [7, 11) is 0. The van der Waals surface area contributed by atoms with Crippen molar-refractivity contribution >= 4 is 35.3 Å². The van der Waals surface area contributed by atoms with Crippen molar-refractivity contribution in [1.29, 1.82) is 0 Å². The molecule has 3 rings (SSSR count). The molecule has 30 heavy (non-hydrogen) atoms. The van der Waals surface area contributed by atoms with E-state index in [-0.39, 0.29) is 11.8 Å². The molecular formula is C23H23ClN4O2. The maximum atomic E-state index is 13.0. The molecule has 1 aromatic heterocycles. The van der Waals surface area contributed by atoms with Crippen LogP contribution in [0.25, 0.3) is 11.8 Å². The molecule has 0 unspecified atom stereocenters. The topological polar surface area (TPSA) is 67.2 Å². The Balaban J connectivity index is 1.94. The third-order valence-electron chi connectivity index (χ3n) is 4.61. The van der Waals surface area contributed by atoms with Crippen molar-refractivity contribution in [2.45, 2.75) is 13.8 Å². The highest BCUT2D eigenvalue weighted by Crippen LogP contribution is 2.22. The second-order valence-corrected chi connectivity index (χ2v) is 6.88. The second-order valence-electron chi connectivity index (χ2n) is 6.48. The van der Waals surface area contributed by atoms with Crippen molar-refractivity contribution in [2.75, 3.05) is 18.4 Å². The normalized spacial score (nSPS) is 10.9. The van der Waals surface area contributed by atoms with Crippen LogP contribution in [-0.4, -0.2) is 39.6 Å². The van der Waals surface area contributed by atoms with Crippen LogP contribution in [0.1, 0.15) is 29.8 Å². The van der Waals surface area contributed by atoms with Crippen LogP contribution in [0.4, 0.5) is 5.82 Å². The summed E-state index contributed by atoms with van der Waals surface area (Å²) < 4.78 is 1.55. The molecule has 0 fully saturated rings. The van der Waals surface area contributed by atoms with Crippen LogP contribution in [0.2, 0.25) is 5.02 Å². The zero-order valence-corrected chi connectivity index (χ0v) is 17.6. The molecule has 1 heterocycles. The van der Waals surface area contributed by atoms with Gasteiger partial charge in [-0.05, 0) is 43.7 Å². The van der Waals surface area contributed by atoms with Crippen molar-refractivity contribution in [1.82, 2.24) is 14.7 Å². The molecular weight excluding hydrogens is 400 g/mol. The van der Waals surface area contributed by atoms with Gasteiger partial charge in [0, 0.05) is 24.2 Å². The van der Waals surface area contributed by atoms with Crippen molar-refractivity contribution in [3.63, 3.8) is 0 Å². The highest BCUT2D eigenvalue weighted by atomic mass is 35.5. The van der Waals surface area contributed by atoms with Gasteiger partial charge in [-0.25, -0.2) is 4.68 Å². The van der Waals surface area contributed by atoms with E-state index in [4.69, 9.17) is 11.6 Å². The molecule has 0 aliphatic carbocycles. The van der Waals surface area contributed by atoms with Gasteiger partial charge >= 0.3 is 0 Å². The molecule has 2 amide bonds. The molecule has 0 spiro atoms. The van der Waals surface area contributed by atoms with E-state index in [1.807, 2.05) is 62.4 Å². The van der Waals surface area contributed by atoms with Crippen LogP contribution < -0.4 is 5.32 Å². The van der Waals surface area contributed by atoms with Gasteiger partial charge in [0.05, 0.1) is 11.9 Å². The van der Waals surface area contributed by atoms with Crippen LogP contribution in [0.15, 0.2) is 66.9 Å². The van der Waals surface area contributed by atoms with Crippen LogP contribution >= 0.6 is 11.6 Å². The molecule has 0 atom stereocenters. The number of para-hydroxylation sites is 1. The first kappa shape index (κ1) is 21.3. The second kappa shape index (κ2) is 9.89. The maximum Gasteiger partial charge on any atom is 0.259 e. The highest BCUT2D eigenvalue weighted by molar-refractivity contribution is 6.32. The summed E-state index contributed by atoms with van der Waals surface area (Å²) in [5.41, 5.74) is 1.80. The van der Waals surface area contributed by atoms with E-state index in [0.717, 1.165) is 11.3 Å². The summed E-state index contributed by atoms with van der Waals surface area (Å²) in [6.45, 7) is 4.94. The van der Waals surface area contributed by atoms with Gasteiger partial charge in [-0.15, -0.1) is 0 Å². The third-order valence-corrected chi connectivity index (χ3v) is 4.96. The Morgan fingerprint density at radius 2 is 1.73 bits per heavy atom. The molecule has 6 nitrogen and oxygen atoms in total. The Morgan fingerprint density at radius 3 is 2.40 bits per heavy atom. The molecule has 0 saturated carbocycles. The molecule has 0 aliphatic rings. The van der Waals surface area contributed by atoms with Crippen molar-refractivity contribution in [3.8, 4) is 5.69 Å². The fourth-order valence-electron chi connectivity index (χ4n) is 3.01. The fraction of sp³-hybridized carbons (Fsp3) is 0.174. The Kier molecular flexibility index (Phi) is 7.03. The molecule has 0 radical (unpaired) electrons. The summed E-state index contributed by atoms with van der Waals surface area (Å²) in [6.07, 6.45) is 4.50. The molecule has 0 aliphatic heterocycles. The molecule has 7 heteroatoms. The number of halogens is 1. The largest absolute Gasteiger partial charge is 0.339 e. The summed E-state index contributed by atoms with van der Waals surface area (Å²) >= 11 is 6.14. The first-order chi connectivity index (χ1) is 14.5. The average molecular weight is 423 g/mol. The number of carbonyl (C=O) groups is 2. The average Bonchev–Trinajstić information content (AvgIpc) is 3.18. The first-order valence-corrected chi connectivity index (χ1v) is 10.1. The van der Waals surface area contributed by atoms with E-state index in [0.29, 0.717) is 29.5 Å². The van der Waals surface area contributed by atoms with Gasteiger partial charge in [0.1, 0.15) is 11.4 Å². The van der Waals surface area contributed by atoms with Crippen LogP contribution in [0, 0.1) is 0 Å². The molecule has 3 aromatic rings. The van der Waals surface area contributed by atoms with Crippen LogP contribution in [0.3, 0.4) is 0 Å². The summed E-state index contributed by atoms with van der Waals surface area (Å²) in [5.74, 6) is -0.249. The lowest BCUT2D eigenvalue weighted by atomic mass is 10.2. The quantitative estimate of drug-likeness (QED) is 0.563. The number of anilines is 1. The Bertz CT molecular complexity index is 1060. The van der Waals surface area contributed by atoms with Crippen LogP contribution in [0.5, 0.6) is 0 Å². The van der Waals surface area contributed by atoms with E-state index in [2.05, 4.69) is 10.4 Å². The van der Waals surface area contributed by atoms with Crippen molar-refractivity contribution in [2.24, 2.45) is 0 Å². The number of rotatable bonds is 7. The van der Waals surface area contributed by atoms with Gasteiger partial charge < -0.3 is 10.2 Å². The predicted octanol–water partition coefficient (Wildman–Crippen LogP) is 4.66. The Morgan fingerprint density at radius 1 is 1.07 bits per heavy atom. The van der Waals surface area contributed by atoms with Crippen LogP contribution in [-0.2, 0) is 4.79 Å². The standard InChI is InChI=1S/C23H23ClN4O2/c1-3-27(4-2)23(30)19-16-25-28(18-11-6-5-7-12-18)22(19)26-21(29)15-14-17-10-8-9-13-20(17)24/h5-16H,3-4H2,1-2H3,(H,26,29)/b15-14+. The van der Waals surface area contributed by atoms with Gasteiger partial charge in [0.2, 0.25) is 5.91 Å². The van der Waals surface area contributed by atoms with Gasteiger partial charge in [0.15, 0.2) is 0 Å². The van der Waals surface area contributed by atoms with E-state index in [9.17, 15) is 9.59 Å². The predicted molar refractivity (Wildman–Crippen MR) is 120 cm³/mol. The van der Waals surface area contributed by atoms with Crippen molar-refractivity contribution < 1.29 is 9.59 Å². The molecule has 0 bridgehead atoms. The Hall–Kier alpha value is -3.38. The lowest BCUT2D eigenvalue weighted by Crippen LogP contribution is -2.31. The number of aromatic nitrogens is 2. The van der Waals surface area contributed by atoms with Crippen molar-refractivity contribution in [3.05, 3.63) is 83.0 Å². The van der Waals surface area contributed by atoms with E-state index >= 15 is 0 Å². The number of benzene rings is 2. The minimum Gasteiger partial charge on any atom is -0.339 e. The number of hydrogen-bond acceptors (Lipinski definition) is 3. The summed E-state index contributed by atoms with van der Waals surface area (Å²) in [6, 6.07) is 16.6. The zero-order chi connectivity index (χ0) is 21.5. The smallest absolute Gasteiger partial charge is 0.259 e. The van der Waals surface area contributed by atoms with Gasteiger partial charge in [-0.3, -0.25) is 9.59 Å². The minimum atomic E-state index is -0.388. The molecule has 0 saturated heterocycles. The summed E-state index contributed by atoms with van der Waals surface area (Å²) in [4.78, 5) is 27.3. The lowest BCUT2D eigenvalue weighted by Gasteiger charge is -2.19. The minimum absolute atomic E-state index is 0.187. The Labute approximate surface area is 180 Å². The monoisotopic (exact) mass is 422 g/mol. The number of amides is 2. The summed E-state index contributed by atoms with van der Waals surface area (Å²) in [5, 5.41) is 7.72. The highest BCUT2D eigenvalue weighted by Gasteiger charge is 2.23. The van der Waals surface area contributed by atoms with Gasteiger partial charge in [-0.2, -0.15) is 5.10 Å². The third kappa shape index (κ3) is 4.78. The van der Waals surface area contributed by atoms with Gasteiger partial charge in [0.25, 0.3) is 5.91 Å². The fourth-order valence-corrected chi connectivity index (χ4v) is 3.20. The number of nitrogens with zero attached hydrogens (tertiary/aromatic N) is 3. The lowest BCUT2D eigenvalue weighted by molar-refractivity contribution is -0.111. The maximum absolute atomic E-state index is 13.0. The molecule has 2 aromatic carbocycles. The SMILES string of the molecule is CCN(CC)C(=O)c1cnn(-c2ccccc2)c1NC(=O)/C=C/c1ccccc1Cl. The first-order valence-electron chi connectivity index (χ1n) is 9.71. The van der Waals surface area contributed by atoms with Gasteiger partial charge in [-0.1, -0.05) is 48.0 Å². The van der Waals surface area contributed by atoms with E-state index < -0.39 is 0 Å².